The molecule has 1 aliphatic heterocycles. The highest BCUT2D eigenvalue weighted by molar-refractivity contribution is 5.92. The van der Waals surface area contributed by atoms with Crippen LogP contribution in [0.2, 0.25) is 0 Å². The van der Waals surface area contributed by atoms with Crippen LogP contribution in [0.5, 0.6) is 0 Å². The number of aromatic nitrogens is 2. The SMILES string of the molecule is Nc1nc(=O)n(C2O[C@H](CO)[C@@H](O)[C@H]2O)cc1C(=O)O. The molecule has 0 amide bonds. The van der Waals surface area contributed by atoms with Crippen LogP contribution in [0.4, 0.5) is 5.82 Å². The first kappa shape index (κ1) is 14.4. The van der Waals surface area contributed by atoms with Gasteiger partial charge in [-0.3, -0.25) is 4.57 Å². The number of ether oxygens (including phenoxy) is 1. The highest BCUT2D eigenvalue weighted by atomic mass is 16.6. The van der Waals surface area contributed by atoms with Crippen molar-refractivity contribution in [1.82, 2.24) is 9.55 Å². The van der Waals surface area contributed by atoms with E-state index in [1.54, 1.807) is 0 Å². The summed E-state index contributed by atoms with van der Waals surface area (Å²) in [5, 5.41) is 37.3. The van der Waals surface area contributed by atoms with Crippen molar-refractivity contribution in [2.45, 2.75) is 24.5 Å². The average molecular weight is 287 g/mol. The van der Waals surface area contributed by atoms with Gasteiger partial charge in [0.15, 0.2) is 6.23 Å². The summed E-state index contributed by atoms with van der Waals surface area (Å²) in [6.45, 7) is -0.572. The molecule has 110 valence electrons. The number of rotatable bonds is 3. The number of aliphatic hydroxyl groups is 3. The van der Waals surface area contributed by atoms with Gasteiger partial charge in [-0.05, 0) is 0 Å². The fourth-order valence-corrected chi connectivity index (χ4v) is 1.94. The van der Waals surface area contributed by atoms with Gasteiger partial charge in [0.25, 0.3) is 0 Å². The van der Waals surface area contributed by atoms with Crippen molar-refractivity contribution < 1.29 is 30.0 Å². The molecular formula is C10H13N3O7. The van der Waals surface area contributed by atoms with Gasteiger partial charge in [-0.2, -0.15) is 4.98 Å². The standard InChI is InChI=1S/C10H13N3O7/c11-7-3(9(17)18)1-13(10(19)12-7)8-6(16)5(15)4(2-14)20-8/h1,4-6,8,14-16H,2H2,(H,17,18)(H2,11,12,19)/t4-,5-,6-,8?/m1/s1. The number of nitrogens with two attached hydrogens (primary N) is 1. The third kappa shape index (κ3) is 2.25. The summed E-state index contributed by atoms with van der Waals surface area (Å²) in [5.41, 5.74) is 3.92. The summed E-state index contributed by atoms with van der Waals surface area (Å²) < 4.78 is 5.83. The Morgan fingerprint density at radius 2 is 2.10 bits per heavy atom. The Kier molecular flexibility index (Phi) is 3.72. The van der Waals surface area contributed by atoms with E-state index >= 15 is 0 Å². The number of nitrogens with zero attached hydrogens (tertiary/aromatic N) is 2. The number of hydrogen-bond donors (Lipinski definition) is 5. The normalized spacial score (nSPS) is 29.6. The molecule has 0 radical (unpaired) electrons. The molecule has 6 N–H and O–H groups in total. The monoisotopic (exact) mass is 287 g/mol. The van der Waals surface area contributed by atoms with Crippen LogP contribution >= 0.6 is 0 Å². The van der Waals surface area contributed by atoms with Crippen LogP contribution in [-0.2, 0) is 4.74 Å². The Balaban J connectivity index is 2.46. The molecule has 10 heteroatoms. The first-order chi connectivity index (χ1) is 9.36. The minimum absolute atomic E-state index is 0.442. The summed E-state index contributed by atoms with van der Waals surface area (Å²) >= 11 is 0. The third-order valence-electron chi connectivity index (χ3n) is 3.00. The van der Waals surface area contributed by atoms with Crippen molar-refractivity contribution in [2.24, 2.45) is 0 Å². The van der Waals surface area contributed by atoms with Gasteiger partial charge in [-0.1, -0.05) is 0 Å². The minimum atomic E-state index is -1.52. The van der Waals surface area contributed by atoms with Gasteiger partial charge >= 0.3 is 11.7 Å². The summed E-state index contributed by atoms with van der Waals surface area (Å²) in [6.07, 6.45) is -4.51. The Hall–Kier alpha value is -2.01. The van der Waals surface area contributed by atoms with Crippen LogP contribution in [0, 0.1) is 0 Å². The number of hydrogen-bond acceptors (Lipinski definition) is 8. The van der Waals surface area contributed by atoms with Gasteiger partial charge in [0.05, 0.1) is 6.61 Å². The Bertz CT molecular complexity index is 587. The van der Waals surface area contributed by atoms with Crippen LogP contribution in [0.3, 0.4) is 0 Å². The first-order valence-electron chi connectivity index (χ1n) is 5.61. The lowest BCUT2D eigenvalue weighted by molar-refractivity contribution is -0.0550. The average Bonchev–Trinajstić information content (AvgIpc) is 2.66. The number of anilines is 1. The fraction of sp³-hybridized carbons (Fsp3) is 0.500. The Morgan fingerprint density at radius 1 is 1.45 bits per heavy atom. The highest BCUT2D eigenvalue weighted by Crippen LogP contribution is 2.28. The summed E-state index contributed by atoms with van der Waals surface area (Å²) in [7, 11) is 0. The molecule has 2 rings (SSSR count). The van der Waals surface area contributed by atoms with Crippen molar-refractivity contribution in [3.05, 3.63) is 22.2 Å². The third-order valence-corrected chi connectivity index (χ3v) is 3.00. The van der Waals surface area contributed by atoms with Gasteiger partial charge < -0.3 is 30.9 Å². The van der Waals surface area contributed by atoms with Gasteiger partial charge in [-0.15, -0.1) is 0 Å². The molecule has 10 nitrogen and oxygen atoms in total. The molecular weight excluding hydrogens is 274 g/mol. The maximum absolute atomic E-state index is 11.7. The number of carbonyl (C=O) groups is 1. The second-order valence-corrected chi connectivity index (χ2v) is 4.26. The van der Waals surface area contributed by atoms with E-state index in [1.165, 1.54) is 0 Å². The number of carboxylic acids is 1. The molecule has 1 aromatic rings. The Morgan fingerprint density at radius 3 is 2.60 bits per heavy atom. The largest absolute Gasteiger partial charge is 0.478 e. The van der Waals surface area contributed by atoms with E-state index in [4.69, 9.17) is 20.7 Å². The lowest BCUT2D eigenvalue weighted by atomic mass is 10.1. The number of carboxylic acid groups (broad SMARTS) is 1. The second kappa shape index (κ2) is 5.17. The van der Waals surface area contributed by atoms with Crippen LogP contribution in [-0.4, -0.2) is 60.9 Å². The molecule has 4 atom stereocenters. The zero-order chi connectivity index (χ0) is 15.0. The lowest BCUT2D eigenvalue weighted by Crippen LogP contribution is -2.36. The van der Waals surface area contributed by atoms with Crippen LogP contribution in [0.25, 0.3) is 0 Å². The lowest BCUT2D eigenvalue weighted by Gasteiger charge is -2.17. The van der Waals surface area contributed by atoms with Crippen LogP contribution in [0.15, 0.2) is 11.0 Å². The molecule has 0 bridgehead atoms. The van der Waals surface area contributed by atoms with Crippen molar-refractivity contribution >= 4 is 11.8 Å². The summed E-state index contributed by atoms with van der Waals surface area (Å²) in [5.74, 6) is -1.87. The van der Waals surface area contributed by atoms with Gasteiger partial charge in [0.2, 0.25) is 0 Å². The molecule has 1 aliphatic rings. The van der Waals surface area contributed by atoms with E-state index in [1.807, 2.05) is 0 Å². The molecule has 1 aromatic heterocycles. The maximum atomic E-state index is 11.7. The number of aromatic carboxylic acids is 1. The highest BCUT2D eigenvalue weighted by Gasteiger charge is 2.44. The summed E-state index contributed by atoms with van der Waals surface area (Å²) in [6, 6.07) is 0. The summed E-state index contributed by atoms with van der Waals surface area (Å²) in [4.78, 5) is 26.0. The van der Waals surface area contributed by atoms with Crippen molar-refractivity contribution in [3.8, 4) is 0 Å². The van der Waals surface area contributed by atoms with E-state index in [0.29, 0.717) is 4.57 Å². The van der Waals surface area contributed by atoms with E-state index < -0.39 is 54.2 Å². The first-order valence-corrected chi connectivity index (χ1v) is 5.61. The van der Waals surface area contributed by atoms with E-state index in [0.717, 1.165) is 6.20 Å². The maximum Gasteiger partial charge on any atom is 0.351 e. The van der Waals surface area contributed by atoms with Crippen LogP contribution in [0.1, 0.15) is 16.6 Å². The molecule has 2 heterocycles. The second-order valence-electron chi connectivity index (χ2n) is 4.26. The van der Waals surface area contributed by atoms with E-state index in [2.05, 4.69) is 4.98 Å². The smallest absolute Gasteiger partial charge is 0.351 e. The van der Waals surface area contributed by atoms with Crippen molar-refractivity contribution in [2.75, 3.05) is 12.3 Å². The molecule has 20 heavy (non-hydrogen) atoms. The van der Waals surface area contributed by atoms with Crippen molar-refractivity contribution in [3.63, 3.8) is 0 Å². The molecule has 0 spiro atoms. The molecule has 1 saturated heterocycles. The van der Waals surface area contributed by atoms with E-state index in [-0.39, 0.29) is 0 Å². The van der Waals surface area contributed by atoms with E-state index in [9.17, 15) is 19.8 Å². The molecule has 1 unspecified atom stereocenters. The minimum Gasteiger partial charge on any atom is -0.478 e. The fourth-order valence-electron chi connectivity index (χ4n) is 1.94. The quantitative estimate of drug-likeness (QED) is 0.392. The molecule has 0 saturated carbocycles. The zero-order valence-corrected chi connectivity index (χ0v) is 10.1. The Labute approximate surface area is 111 Å². The number of nitrogen functional groups attached to an aromatic ring is 1. The topological polar surface area (TPSA) is 168 Å². The van der Waals surface area contributed by atoms with Gasteiger partial charge in [0.1, 0.15) is 29.7 Å². The van der Waals surface area contributed by atoms with Gasteiger partial charge in [-0.25, -0.2) is 9.59 Å². The predicted octanol–water partition coefficient (Wildman–Crippen LogP) is -2.86. The molecule has 1 fully saturated rings. The number of aliphatic hydroxyl groups excluding tert-OH is 3. The predicted molar refractivity (Wildman–Crippen MR) is 62.9 cm³/mol. The van der Waals surface area contributed by atoms with Crippen LogP contribution < -0.4 is 11.4 Å². The molecule has 0 aliphatic carbocycles. The van der Waals surface area contributed by atoms with Gasteiger partial charge in [0, 0.05) is 6.20 Å². The zero-order valence-electron chi connectivity index (χ0n) is 10.1. The van der Waals surface area contributed by atoms with Crippen molar-refractivity contribution in [1.29, 1.82) is 0 Å². The molecule has 0 aromatic carbocycles.